The van der Waals surface area contributed by atoms with E-state index in [9.17, 15) is 4.79 Å². The first-order valence-corrected chi connectivity index (χ1v) is 5.47. The number of carboxylic acid groups (broad SMARTS) is 1. The van der Waals surface area contributed by atoms with E-state index in [0.29, 0.717) is 18.2 Å². The van der Waals surface area contributed by atoms with E-state index in [0.717, 1.165) is 18.4 Å². The van der Waals surface area contributed by atoms with Gasteiger partial charge in [-0.15, -0.1) is 0 Å². The van der Waals surface area contributed by atoms with E-state index >= 15 is 0 Å². The number of carbonyl (C=O) groups is 1. The van der Waals surface area contributed by atoms with Crippen molar-refractivity contribution >= 4 is 5.97 Å². The molecule has 0 aromatic heterocycles. The molecule has 0 bridgehead atoms. The Kier molecular flexibility index (Phi) is 3.37. The molecule has 0 heterocycles. The Hall–Kier alpha value is -1.61. The average Bonchev–Trinajstić information content (AvgIpc) is 2.79. The van der Waals surface area contributed by atoms with Crippen molar-refractivity contribution in [2.45, 2.75) is 25.4 Å². The van der Waals surface area contributed by atoms with Crippen molar-refractivity contribution in [1.29, 1.82) is 0 Å². The molecular weight excluding hydrogens is 202 g/mol. The molecule has 1 aliphatic rings. The molecule has 1 aromatic carbocycles. The molecule has 84 valence electrons. The molecule has 0 atom stereocenters. The highest BCUT2D eigenvalue weighted by Crippen LogP contribution is 2.12. The molecule has 0 spiro atoms. The second-order valence-corrected chi connectivity index (χ2v) is 3.98. The summed E-state index contributed by atoms with van der Waals surface area (Å²) in [5, 5.41) is 12.4. The smallest absolute Gasteiger partial charge is 0.336 e. The Morgan fingerprint density at radius 1 is 1.31 bits per heavy atom. The first kappa shape index (κ1) is 10.9. The standard InChI is InChI=1S/C13H15NO2/c15-13(16)12-8-4-1-5-10(12)9-14-11-6-2-3-7-11/h1-5,8,11,14H,6-7,9H2,(H,15,16). The summed E-state index contributed by atoms with van der Waals surface area (Å²) < 4.78 is 0. The topological polar surface area (TPSA) is 49.3 Å². The molecule has 0 amide bonds. The molecule has 0 aliphatic heterocycles. The van der Waals surface area contributed by atoms with Gasteiger partial charge in [0.2, 0.25) is 0 Å². The minimum atomic E-state index is -0.859. The number of hydrogen-bond acceptors (Lipinski definition) is 2. The fourth-order valence-corrected chi connectivity index (χ4v) is 1.92. The number of aromatic carboxylic acids is 1. The van der Waals surface area contributed by atoms with Crippen LogP contribution in [0.1, 0.15) is 28.8 Å². The van der Waals surface area contributed by atoms with E-state index in [1.54, 1.807) is 12.1 Å². The third-order valence-electron chi connectivity index (χ3n) is 2.84. The lowest BCUT2D eigenvalue weighted by molar-refractivity contribution is 0.0695. The molecule has 1 aliphatic carbocycles. The van der Waals surface area contributed by atoms with Gasteiger partial charge in [-0.2, -0.15) is 0 Å². The lowest BCUT2D eigenvalue weighted by Gasteiger charge is -2.13. The normalized spacial score (nSPS) is 15.5. The van der Waals surface area contributed by atoms with Gasteiger partial charge in [-0.3, -0.25) is 0 Å². The Bertz CT molecular complexity index is 404. The molecular formula is C13H15NO2. The van der Waals surface area contributed by atoms with Gasteiger partial charge in [-0.05, 0) is 24.5 Å². The minimum absolute atomic E-state index is 0.390. The molecule has 3 heteroatoms. The van der Waals surface area contributed by atoms with Crippen molar-refractivity contribution < 1.29 is 9.90 Å². The van der Waals surface area contributed by atoms with Crippen molar-refractivity contribution in [1.82, 2.24) is 5.32 Å². The predicted octanol–water partition coefficient (Wildman–Crippen LogP) is 2.19. The maximum Gasteiger partial charge on any atom is 0.336 e. The number of benzene rings is 1. The maximum absolute atomic E-state index is 11.0. The third kappa shape index (κ3) is 2.49. The van der Waals surface area contributed by atoms with E-state index < -0.39 is 5.97 Å². The average molecular weight is 217 g/mol. The van der Waals surface area contributed by atoms with Crippen LogP contribution >= 0.6 is 0 Å². The molecule has 1 aromatic rings. The Morgan fingerprint density at radius 2 is 2.00 bits per heavy atom. The molecule has 0 saturated heterocycles. The van der Waals surface area contributed by atoms with Gasteiger partial charge in [0.1, 0.15) is 0 Å². The third-order valence-corrected chi connectivity index (χ3v) is 2.84. The highest BCUT2D eigenvalue weighted by molar-refractivity contribution is 5.89. The van der Waals surface area contributed by atoms with Crippen LogP contribution in [0.2, 0.25) is 0 Å². The first-order valence-electron chi connectivity index (χ1n) is 5.47. The number of carboxylic acids is 1. The fraction of sp³-hybridized carbons (Fsp3) is 0.308. The highest BCUT2D eigenvalue weighted by atomic mass is 16.4. The zero-order chi connectivity index (χ0) is 11.4. The summed E-state index contributed by atoms with van der Waals surface area (Å²) in [6, 6.07) is 7.59. The van der Waals surface area contributed by atoms with E-state index in [1.165, 1.54) is 0 Å². The van der Waals surface area contributed by atoms with Crippen LogP contribution in [-0.4, -0.2) is 17.1 Å². The number of hydrogen-bond donors (Lipinski definition) is 2. The van der Waals surface area contributed by atoms with Crippen LogP contribution in [0.25, 0.3) is 0 Å². The van der Waals surface area contributed by atoms with Crippen LogP contribution in [0.5, 0.6) is 0 Å². The van der Waals surface area contributed by atoms with Crippen LogP contribution in [0, 0.1) is 0 Å². The van der Waals surface area contributed by atoms with E-state index in [4.69, 9.17) is 5.11 Å². The monoisotopic (exact) mass is 217 g/mol. The van der Waals surface area contributed by atoms with Gasteiger partial charge >= 0.3 is 5.97 Å². The molecule has 0 saturated carbocycles. The van der Waals surface area contributed by atoms with Crippen molar-refractivity contribution in [3.8, 4) is 0 Å². The van der Waals surface area contributed by atoms with Crippen molar-refractivity contribution in [2.24, 2.45) is 0 Å². The van der Waals surface area contributed by atoms with E-state index in [2.05, 4.69) is 17.5 Å². The van der Waals surface area contributed by atoms with Gasteiger partial charge < -0.3 is 10.4 Å². The van der Waals surface area contributed by atoms with Crippen LogP contribution in [0.15, 0.2) is 36.4 Å². The van der Waals surface area contributed by atoms with E-state index in [-0.39, 0.29) is 0 Å². The lowest BCUT2D eigenvalue weighted by atomic mass is 10.1. The fourth-order valence-electron chi connectivity index (χ4n) is 1.92. The van der Waals surface area contributed by atoms with Crippen LogP contribution < -0.4 is 5.32 Å². The lowest BCUT2D eigenvalue weighted by Crippen LogP contribution is -2.26. The molecule has 0 fully saturated rings. The molecule has 0 radical (unpaired) electrons. The quantitative estimate of drug-likeness (QED) is 0.760. The predicted molar refractivity (Wildman–Crippen MR) is 62.4 cm³/mol. The summed E-state index contributed by atoms with van der Waals surface area (Å²) >= 11 is 0. The van der Waals surface area contributed by atoms with Gasteiger partial charge in [0.05, 0.1) is 5.56 Å². The minimum Gasteiger partial charge on any atom is -0.478 e. The molecule has 2 rings (SSSR count). The van der Waals surface area contributed by atoms with Crippen LogP contribution in [-0.2, 0) is 6.54 Å². The largest absolute Gasteiger partial charge is 0.478 e. The van der Waals surface area contributed by atoms with Crippen LogP contribution in [0.3, 0.4) is 0 Å². The summed E-state index contributed by atoms with van der Waals surface area (Å²) in [4.78, 5) is 11.0. The Labute approximate surface area is 94.8 Å². The molecule has 2 N–H and O–H groups in total. The zero-order valence-electron chi connectivity index (χ0n) is 9.02. The summed E-state index contributed by atoms with van der Waals surface area (Å²) in [5.74, 6) is -0.859. The maximum atomic E-state index is 11.0. The van der Waals surface area contributed by atoms with Crippen molar-refractivity contribution in [3.05, 3.63) is 47.5 Å². The van der Waals surface area contributed by atoms with E-state index in [1.807, 2.05) is 12.1 Å². The molecule has 3 nitrogen and oxygen atoms in total. The second-order valence-electron chi connectivity index (χ2n) is 3.98. The van der Waals surface area contributed by atoms with Gasteiger partial charge in [0.15, 0.2) is 0 Å². The summed E-state index contributed by atoms with van der Waals surface area (Å²) in [5.41, 5.74) is 1.24. The second kappa shape index (κ2) is 4.94. The number of rotatable bonds is 4. The molecule has 0 unspecified atom stereocenters. The zero-order valence-corrected chi connectivity index (χ0v) is 9.02. The number of nitrogens with one attached hydrogen (secondary N) is 1. The summed E-state index contributed by atoms with van der Waals surface area (Å²) in [6.45, 7) is 0.620. The Morgan fingerprint density at radius 3 is 2.69 bits per heavy atom. The van der Waals surface area contributed by atoms with Gasteiger partial charge in [-0.25, -0.2) is 4.79 Å². The first-order chi connectivity index (χ1) is 7.77. The Balaban J connectivity index is 2.00. The van der Waals surface area contributed by atoms with Gasteiger partial charge in [-0.1, -0.05) is 30.4 Å². The molecule has 16 heavy (non-hydrogen) atoms. The SMILES string of the molecule is O=C(O)c1ccccc1CNC1CC=CC1. The van der Waals surface area contributed by atoms with Gasteiger partial charge in [0, 0.05) is 12.6 Å². The summed E-state index contributed by atoms with van der Waals surface area (Å²) in [6.07, 6.45) is 6.38. The van der Waals surface area contributed by atoms with Crippen molar-refractivity contribution in [2.75, 3.05) is 0 Å². The van der Waals surface area contributed by atoms with Crippen molar-refractivity contribution in [3.63, 3.8) is 0 Å². The highest BCUT2D eigenvalue weighted by Gasteiger charge is 2.12. The van der Waals surface area contributed by atoms with Crippen LogP contribution in [0.4, 0.5) is 0 Å². The van der Waals surface area contributed by atoms with Gasteiger partial charge in [0.25, 0.3) is 0 Å². The summed E-state index contributed by atoms with van der Waals surface area (Å²) in [7, 11) is 0.